The van der Waals surface area contributed by atoms with E-state index in [1.54, 1.807) is 9.80 Å². The standard InChI is InChI=1S/C26H43N5O6/c1-20(2)17-30(15-13-27-23(33)29(6)19-22(32)36-7)24(34)28-14-16-31(25(35)37-26(3,4)5)18-21-11-9-8-10-12-21/h8-12,20H,13-19H2,1-7H3,(H,27,33)(H,28,34). The first-order chi connectivity index (χ1) is 17.3. The van der Waals surface area contributed by atoms with Crippen molar-refractivity contribution in [3.8, 4) is 0 Å². The van der Waals surface area contributed by atoms with Crippen LogP contribution in [0, 0.1) is 5.92 Å². The number of hydrogen-bond acceptors (Lipinski definition) is 6. The van der Waals surface area contributed by atoms with Crippen LogP contribution < -0.4 is 10.6 Å². The lowest BCUT2D eigenvalue weighted by molar-refractivity contribution is -0.141. The predicted molar refractivity (Wildman–Crippen MR) is 141 cm³/mol. The summed E-state index contributed by atoms with van der Waals surface area (Å²) in [6.45, 7) is 11.1. The summed E-state index contributed by atoms with van der Waals surface area (Å²) in [5.41, 5.74) is 0.313. The Balaban J connectivity index is 2.68. The fourth-order valence-corrected chi connectivity index (χ4v) is 3.25. The Labute approximate surface area is 220 Å². The highest BCUT2D eigenvalue weighted by Gasteiger charge is 2.23. The number of likely N-dealkylation sites (N-methyl/N-ethyl adjacent to an activating group) is 1. The third kappa shape index (κ3) is 13.4. The van der Waals surface area contributed by atoms with Crippen molar-refractivity contribution in [2.45, 2.75) is 46.8 Å². The molecule has 2 N–H and O–H groups in total. The second-order valence-electron chi connectivity index (χ2n) is 10.1. The quantitative estimate of drug-likeness (QED) is 0.408. The van der Waals surface area contributed by atoms with E-state index < -0.39 is 23.7 Å². The minimum atomic E-state index is -0.640. The van der Waals surface area contributed by atoms with E-state index in [4.69, 9.17) is 4.74 Å². The Kier molecular flexibility index (Phi) is 13.3. The predicted octanol–water partition coefficient (Wildman–Crippen LogP) is 2.91. The molecule has 0 heterocycles. The number of hydrogen-bond donors (Lipinski definition) is 2. The molecule has 0 radical (unpaired) electrons. The molecule has 0 aliphatic rings. The van der Waals surface area contributed by atoms with Gasteiger partial charge in [-0.2, -0.15) is 0 Å². The molecule has 0 aliphatic carbocycles. The molecular weight excluding hydrogens is 478 g/mol. The first-order valence-corrected chi connectivity index (χ1v) is 12.4. The summed E-state index contributed by atoms with van der Waals surface area (Å²) in [6.07, 6.45) is -0.455. The average Bonchev–Trinajstić information content (AvgIpc) is 2.81. The Morgan fingerprint density at radius 3 is 2.03 bits per heavy atom. The minimum Gasteiger partial charge on any atom is -0.468 e. The van der Waals surface area contributed by atoms with Gasteiger partial charge in [0.1, 0.15) is 12.1 Å². The third-order valence-corrected chi connectivity index (χ3v) is 5.00. The van der Waals surface area contributed by atoms with Crippen molar-refractivity contribution in [2.75, 3.05) is 53.4 Å². The first-order valence-electron chi connectivity index (χ1n) is 12.4. The summed E-state index contributed by atoms with van der Waals surface area (Å²) >= 11 is 0. The third-order valence-electron chi connectivity index (χ3n) is 5.00. The number of carbonyl (C=O) groups is 4. The van der Waals surface area contributed by atoms with Crippen molar-refractivity contribution in [3.05, 3.63) is 35.9 Å². The maximum Gasteiger partial charge on any atom is 0.410 e. The van der Waals surface area contributed by atoms with E-state index in [0.29, 0.717) is 13.1 Å². The van der Waals surface area contributed by atoms with E-state index in [2.05, 4.69) is 15.4 Å². The van der Waals surface area contributed by atoms with Crippen molar-refractivity contribution >= 4 is 24.1 Å². The van der Waals surface area contributed by atoms with Crippen molar-refractivity contribution in [2.24, 2.45) is 5.92 Å². The van der Waals surface area contributed by atoms with Gasteiger partial charge in [0.2, 0.25) is 0 Å². The summed E-state index contributed by atoms with van der Waals surface area (Å²) in [5.74, 6) is -0.314. The van der Waals surface area contributed by atoms with Crippen LogP contribution in [0.25, 0.3) is 0 Å². The summed E-state index contributed by atoms with van der Waals surface area (Å²) in [5, 5.41) is 5.57. The van der Waals surface area contributed by atoms with Crippen LogP contribution in [0.3, 0.4) is 0 Å². The van der Waals surface area contributed by atoms with Crippen LogP contribution in [-0.2, 0) is 20.8 Å². The highest BCUT2D eigenvalue weighted by atomic mass is 16.6. The first kappa shape index (κ1) is 31.5. The van der Waals surface area contributed by atoms with Crippen LogP contribution in [0.2, 0.25) is 0 Å². The van der Waals surface area contributed by atoms with E-state index in [1.165, 1.54) is 19.1 Å². The zero-order valence-corrected chi connectivity index (χ0v) is 23.2. The molecule has 11 nitrogen and oxygen atoms in total. The molecule has 0 spiro atoms. The molecule has 0 aliphatic heterocycles. The smallest absolute Gasteiger partial charge is 0.410 e. The van der Waals surface area contributed by atoms with Gasteiger partial charge in [0.15, 0.2) is 0 Å². The van der Waals surface area contributed by atoms with Crippen molar-refractivity contribution in [3.63, 3.8) is 0 Å². The summed E-state index contributed by atoms with van der Waals surface area (Å²) in [4.78, 5) is 53.6. The molecule has 208 valence electrons. The van der Waals surface area contributed by atoms with Gasteiger partial charge in [-0.25, -0.2) is 14.4 Å². The van der Waals surface area contributed by atoms with E-state index in [0.717, 1.165) is 5.56 Å². The van der Waals surface area contributed by atoms with Crippen LogP contribution in [0.15, 0.2) is 30.3 Å². The van der Waals surface area contributed by atoms with E-state index in [-0.39, 0.29) is 44.7 Å². The number of carbonyl (C=O) groups excluding carboxylic acids is 4. The van der Waals surface area contributed by atoms with Gasteiger partial charge < -0.3 is 34.8 Å². The Hall–Kier alpha value is -3.50. The Bertz CT molecular complexity index is 872. The number of amides is 5. The summed E-state index contributed by atoms with van der Waals surface area (Å²) in [6, 6.07) is 8.83. The molecule has 0 saturated carbocycles. The molecule has 37 heavy (non-hydrogen) atoms. The Morgan fingerprint density at radius 1 is 0.919 bits per heavy atom. The maximum atomic E-state index is 12.9. The molecule has 5 amide bonds. The number of benzene rings is 1. The molecular formula is C26H43N5O6. The highest BCUT2D eigenvalue weighted by molar-refractivity contribution is 5.80. The van der Waals surface area contributed by atoms with Gasteiger partial charge >= 0.3 is 24.1 Å². The van der Waals surface area contributed by atoms with E-state index in [9.17, 15) is 19.2 Å². The molecule has 1 aromatic carbocycles. The van der Waals surface area contributed by atoms with Gasteiger partial charge in [-0.05, 0) is 32.3 Å². The van der Waals surface area contributed by atoms with Crippen molar-refractivity contribution in [1.82, 2.24) is 25.3 Å². The van der Waals surface area contributed by atoms with Gasteiger partial charge in [0, 0.05) is 46.3 Å². The van der Waals surface area contributed by atoms with Crippen LogP contribution in [-0.4, -0.2) is 97.9 Å². The fraction of sp³-hybridized carbons (Fsp3) is 0.615. The topological polar surface area (TPSA) is 121 Å². The molecule has 0 unspecified atom stereocenters. The fourth-order valence-electron chi connectivity index (χ4n) is 3.25. The number of rotatable bonds is 12. The molecule has 11 heteroatoms. The van der Waals surface area contributed by atoms with Crippen LogP contribution in [0.1, 0.15) is 40.2 Å². The van der Waals surface area contributed by atoms with Crippen LogP contribution in [0.5, 0.6) is 0 Å². The van der Waals surface area contributed by atoms with Crippen molar-refractivity contribution < 1.29 is 28.7 Å². The molecule has 0 saturated heterocycles. The number of ether oxygens (including phenoxy) is 2. The van der Waals surface area contributed by atoms with Crippen LogP contribution in [0.4, 0.5) is 14.4 Å². The molecule has 0 fully saturated rings. The zero-order valence-electron chi connectivity index (χ0n) is 23.2. The summed E-state index contributed by atoms with van der Waals surface area (Å²) < 4.78 is 10.1. The lowest BCUT2D eigenvalue weighted by Crippen LogP contribution is -2.49. The number of esters is 1. The zero-order chi connectivity index (χ0) is 28.0. The summed E-state index contributed by atoms with van der Waals surface area (Å²) in [7, 11) is 2.74. The van der Waals surface area contributed by atoms with Gasteiger partial charge in [0.05, 0.1) is 7.11 Å². The number of urea groups is 2. The number of nitrogens with one attached hydrogen (secondary N) is 2. The lowest BCUT2D eigenvalue weighted by Gasteiger charge is -2.29. The van der Waals surface area contributed by atoms with Gasteiger partial charge in [-0.1, -0.05) is 44.2 Å². The van der Waals surface area contributed by atoms with E-state index in [1.807, 2.05) is 65.0 Å². The number of methoxy groups -OCH3 is 1. The molecule has 0 atom stereocenters. The largest absolute Gasteiger partial charge is 0.468 e. The average molecular weight is 522 g/mol. The molecule has 0 aromatic heterocycles. The SMILES string of the molecule is COC(=O)CN(C)C(=O)NCCN(CC(C)C)C(=O)NCCN(Cc1ccccc1)C(=O)OC(C)(C)C. The normalized spacial score (nSPS) is 10.9. The van der Waals surface area contributed by atoms with Crippen LogP contribution >= 0.6 is 0 Å². The Morgan fingerprint density at radius 2 is 1.49 bits per heavy atom. The van der Waals surface area contributed by atoms with Crippen molar-refractivity contribution in [1.29, 1.82) is 0 Å². The number of nitrogens with zero attached hydrogens (tertiary/aromatic N) is 3. The monoisotopic (exact) mass is 521 g/mol. The minimum absolute atomic E-state index is 0.171. The maximum absolute atomic E-state index is 12.9. The second-order valence-corrected chi connectivity index (χ2v) is 10.1. The molecule has 0 bridgehead atoms. The molecule has 1 rings (SSSR count). The van der Waals surface area contributed by atoms with Gasteiger partial charge in [-0.15, -0.1) is 0 Å². The highest BCUT2D eigenvalue weighted by Crippen LogP contribution is 2.12. The van der Waals surface area contributed by atoms with E-state index >= 15 is 0 Å². The van der Waals surface area contributed by atoms with Gasteiger partial charge in [0.25, 0.3) is 0 Å². The van der Waals surface area contributed by atoms with Gasteiger partial charge in [-0.3, -0.25) is 4.79 Å². The second kappa shape index (κ2) is 15.6. The lowest BCUT2D eigenvalue weighted by atomic mass is 10.2. The molecule has 1 aromatic rings.